The van der Waals surface area contributed by atoms with Crippen LogP contribution in [0.25, 0.3) is 0 Å². The number of hydrogen-bond donors (Lipinski definition) is 1. The molecule has 1 aromatic carbocycles. The van der Waals surface area contributed by atoms with Crippen molar-refractivity contribution in [1.29, 1.82) is 0 Å². The monoisotopic (exact) mass is 233 g/mol. The van der Waals surface area contributed by atoms with Crippen LogP contribution in [0.1, 0.15) is 18.4 Å². The molecule has 2 fully saturated rings. The largest absolute Gasteiger partial charge is 0.393 e. The van der Waals surface area contributed by atoms with E-state index in [-0.39, 0.29) is 6.10 Å². The van der Waals surface area contributed by atoms with E-state index >= 15 is 0 Å². The first-order valence-corrected chi connectivity index (χ1v) is 6.38. The van der Waals surface area contributed by atoms with Gasteiger partial charge in [-0.25, -0.2) is 0 Å². The standard InChI is InChI=1S/C14H19NO2/c16-14-6-12-9-17-10-13(7-14)15(12)8-11-4-2-1-3-5-11/h1-5,12-14,16H,6-10H2/t12-,13+,14+. The summed E-state index contributed by atoms with van der Waals surface area (Å²) in [7, 11) is 0. The fourth-order valence-corrected chi connectivity index (χ4v) is 3.01. The van der Waals surface area contributed by atoms with Crippen LogP contribution in [0.2, 0.25) is 0 Å². The van der Waals surface area contributed by atoms with Crippen LogP contribution < -0.4 is 0 Å². The number of aliphatic hydroxyl groups is 1. The topological polar surface area (TPSA) is 32.7 Å². The molecule has 3 rings (SSSR count). The number of benzene rings is 1. The van der Waals surface area contributed by atoms with E-state index in [2.05, 4.69) is 29.2 Å². The lowest BCUT2D eigenvalue weighted by molar-refractivity contribution is -0.108. The highest BCUT2D eigenvalue weighted by atomic mass is 16.5. The van der Waals surface area contributed by atoms with E-state index in [9.17, 15) is 5.11 Å². The highest BCUT2D eigenvalue weighted by Gasteiger charge is 2.38. The van der Waals surface area contributed by atoms with E-state index in [4.69, 9.17) is 4.74 Å². The third kappa shape index (κ3) is 2.37. The van der Waals surface area contributed by atoms with Gasteiger partial charge in [-0.1, -0.05) is 30.3 Å². The predicted octanol–water partition coefficient (Wildman–Crippen LogP) is 1.41. The second-order valence-corrected chi connectivity index (χ2v) is 5.13. The van der Waals surface area contributed by atoms with Crippen molar-refractivity contribution in [2.45, 2.75) is 37.6 Å². The minimum atomic E-state index is -0.138. The summed E-state index contributed by atoms with van der Waals surface area (Å²) in [5, 5.41) is 9.82. The molecule has 2 aliphatic heterocycles. The van der Waals surface area contributed by atoms with Crippen LogP contribution in [0, 0.1) is 0 Å². The van der Waals surface area contributed by atoms with Gasteiger partial charge in [0.05, 0.1) is 19.3 Å². The molecule has 0 radical (unpaired) electrons. The van der Waals surface area contributed by atoms with Crippen LogP contribution in [0.15, 0.2) is 30.3 Å². The van der Waals surface area contributed by atoms with Gasteiger partial charge in [-0.15, -0.1) is 0 Å². The molecule has 92 valence electrons. The molecule has 0 aliphatic carbocycles. The molecule has 0 spiro atoms. The Morgan fingerprint density at radius 1 is 1.12 bits per heavy atom. The summed E-state index contributed by atoms with van der Waals surface area (Å²) in [5.74, 6) is 0. The highest BCUT2D eigenvalue weighted by Crippen LogP contribution is 2.29. The Bertz CT molecular complexity index is 354. The second-order valence-electron chi connectivity index (χ2n) is 5.13. The molecule has 0 unspecified atom stereocenters. The Labute approximate surface area is 102 Å². The molecule has 0 aromatic heterocycles. The lowest BCUT2D eigenvalue weighted by Gasteiger charge is -2.47. The number of fused-ring (bicyclic) bond motifs is 2. The average molecular weight is 233 g/mol. The minimum Gasteiger partial charge on any atom is -0.393 e. The first-order valence-electron chi connectivity index (χ1n) is 6.38. The first-order chi connectivity index (χ1) is 8.33. The molecule has 2 aliphatic rings. The number of piperidine rings is 1. The maximum Gasteiger partial charge on any atom is 0.0623 e. The van der Waals surface area contributed by atoms with Gasteiger partial charge in [-0.3, -0.25) is 4.90 Å². The number of nitrogens with zero attached hydrogens (tertiary/aromatic N) is 1. The first kappa shape index (κ1) is 11.2. The zero-order valence-corrected chi connectivity index (χ0v) is 9.96. The molecule has 1 N–H and O–H groups in total. The Balaban J connectivity index is 1.74. The fourth-order valence-electron chi connectivity index (χ4n) is 3.01. The summed E-state index contributed by atoms with van der Waals surface area (Å²) in [4.78, 5) is 2.51. The van der Waals surface area contributed by atoms with Gasteiger partial charge in [0.15, 0.2) is 0 Å². The lowest BCUT2D eigenvalue weighted by Crippen LogP contribution is -2.57. The summed E-state index contributed by atoms with van der Waals surface area (Å²) in [6.45, 7) is 2.51. The van der Waals surface area contributed by atoms with Gasteiger partial charge in [0.1, 0.15) is 0 Å². The maximum absolute atomic E-state index is 9.82. The molecule has 3 heteroatoms. The predicted molar refractivity (Wildman–Crippen MR) is 65.6 cm³/mol. The van der Waals surface area contributed by atoms with Crippen molar-refractivity contribution in [1.82, 2.24) is 4.90 Å². The van der Waals surface area contributed by atoms with Gasteiger partial charge in [0.25, 0.3) is 0 Å². The third-order valence-corrected chi connectivity index (χ3v) is 3.85. The van der Waals surface area contributed by atoms with Gasteiger partial charge in [0, 0.05) is 18.6 Å². The number of aliphatic hydroxyl groups excluding tert-OH is 1. The van der Waals surface area contributed by atoms with Crippen LogP contribution >= 0.6 is 0 Å². The Morgan fingerprint density at radius 2 is 1.76 bits per heavy atom. The minimum absolute atomic E-state index is 0.138. The van der Waals surface area contributed by atoms with Gasteiger partial charge in [0.2, 0.25) is 0 Å². The van der Waals surface area contributed by atoms with E-state index in [0.29, 0.717) is 12.1 Å². The van der Waals surface area contributed by atoms with Crippen molar-refractivity contribution < 1.29 is 9.84 Å². The van der Waals surface area contributed by atoms with Crippen LogP contribution in [0.4, 0.5) is 0 Å². The normalized spacial score (nSPS) is 33.6. The Hall–Kier alpha value is -0.900. The highest BCUT2D eigenvalue weighted by molar-refractivity contribution is 5.15. The van der Waals surface area contributed by atoms with E-state index < -0.39 is 0 Å². The van der Waals surface area contributed by atoms with Crippen molar-refractivity contribution in [3.63, 3.8) is 0 Å². The third-order valence-electron chi connectivity index (χ3n) is 3.85. The van der Waals surface area contributed by atoms with Gasteiger partial charge in [-0.05, 0) is 18.4 Å². The second kappa shape index (κ2) is 4.77. The molecule has 2 bridgehead atoms. The molecule has 1 aromatic rings. The van der Waals surface area contributed by atoms with E-state index in [1.165, 1.54) is 5.56 Å². The van der Waals surface area contributed by atoms with Gasteiger partial charge < -0.3 is 9.84 Å². The molecule has 0 amide bonds. The van der Waals surface area contributed by atoms with E-state index in [0.717, 1.165) is 32.6 Å². The molecule has 3 nitrogen and oxygen atoms in total. The Morgan fingerprint density at radius 3 is 2.41 bits per heavy atom. The molecule has 0 saturated carbocycles. The Kier molecular flexibility index (Phi) is 3.14. The zero-order chi connectivity index (χ0) is 11.7. The van der Waals surface area contributed by atoms with Crippen LogP contribution in [0.3, 0.4) is 0 Å². The number of rotatable bonds is 2. The summed E-state index contributed by atoms with van der Waals surface area (Å²) >= 11 is 0. The van der Waals surface area contributed by atoms with E-state index in [1.807, 2.05) is 6.07 Å². The summed E-state index contributed by atoms with van der Waals surface area (Å²) in [6, 6.07) is 11.3. The number of morpholine rings is 1. The summed E-state index contributed by atoms with van der Waals surface area (Å²) in [6.07, 6.45) is 1.56. The van der Waals surface area contributed by atoms with Crippen molar-refractivity contribution in [2.24, 2.45) is 0 Å². The molecule has 2 saturated heterocycles. The van der Waals surface area contributed by atoms with Crippen LogP contribution in [-0.4, -0.2) is 41.4 Å². The quantitative estimate of drug-likeness (QED) is 0.838. The smallest absolute Gasteiger partial charge is 0.0623 e. The molecule has 2 heterocycles. The molecule has 3 atom stereocenters. The van der Waals surface area contributed by atoms with E-state index in [1.54, 1.807) is 0 Å². The molecule has 17 heavy (non-hydrogen) atoms. The maximum atomic E-state index is 9.82. The van der Waals surface area contributed by atoms with Crippen molar-refractivity contribution in [3.8, 4) is 0 Å². The zero-order valence-electron chi connectivity index (χ0n) is 9.96. The lowest BCUT2D eigenvalue weighted by atomic mass is 9.91. The average Bonchev–Trinajstić information content (AvgIpc) is 2.32. The van der Waals surface area contributed by atoms with Gasteiger partial charge >= 0.3 is 0 Å². The summed E-state index contributed by atoms with van der Waals surface area (Å²) < 4.78 is 5.60. The van der Waals surface area contributed by atoms with Crippen molar-refractivity contribution in [2.75, 3.05) is 13.2 Å². The summed E-state index contributed by atoms with van der Waals surface area (Å²) in [5.41, 5.74) is 1.35. The molecular weight excluding hydrogens is 214 g/mol. The molecular formula is C14H19NO2. The van der Waals surface area contributed by atoms with Crippen LogP contribution in [0.5, 0.6) is 0 Å². The number of hydrogen-bond acceptors (Lipinski definition) is 3. The number of ether oxygens (including phenoxy) is 1. The SMILES string of the molecule is O[C@@H]1C[C@H]2COC[C@@H](C1)N2Cc1ccccc1. The van der Waals surface area contributed by atoms with Crippen molar-refractivity contribution >= 4 is 0 Å². The van der Waals surface area contributed by atoms with Gasteiger partial charge in [-0.2, -0.15) is 0 Å². The van der Waals surface area contributed by atoms with Crippen molar-refractivity contribution in [3.05, 3.63) is 35.9 Å². The van der Waals surface area contributed by atoms with Crippen LogP contribution in [-0.2, 0) is 11.3 Å². The fraction of sp³-hybridized carbons (Fsp3) is 0.571.